The fourth-order valence-corrected chi connectivity index (χ4v) is 2.58. The Kier molecular flexibility index (Phi) is 9.02. The fourth-order valence-electron chi connectivity index (χ4n) is 2.58. The van der Waals surface area contributed by atoms with Gasteiger partial charge in [0.2, 0.25) is 0 Å². The van der Waals surface area contributed by atoms with E-state index in [0.29, 0.717) is 5.41 Å². The van der Waals surface area contributed by atoms with Crippen LogP contribution >= 0.6 is 0 Å². The van der Waals surface area contributed by atoms with E-state index < -0.39 is 0 Å². The van der Waals surface area contributed by atoms with Gasteiger partial charge in [-0.25, -0.2) is 0 Å². The zero-order valence-electron chi connectivity index (χ0n) is 12.2. The van der Waals surface area contributed by atoms with Gasteiger partial charge in [-0.15, -0.1) is 0 Å². The number of hydrogen-bond acceptors (Lipinski definition) is 1. The molecule has 1 nitrogen and oxygen atoms in total. The Balaban J connectivity index is 4.29. The third-order valence-electron chi connectivity index (χ3n) is 4.30. The molecule has 0 aromatic heterocycles. The van der Waals surface area contributed by atoms with Gasteiger partial charge in [-0.1, -0.05) is 47.5 Å². The van der Waals surface area contributed by atoms with Crippen LogP contribution in [0, 0.1) is 11.3 Å². The van der Waals surface area contributed by atoms with Crippen molar-refractivity contribution in [2.45, 2.75) is 73.1 Å². The molecule has 16 heavy (non-hydrogen) atoms. The summed E-state index contributed by atoms with van der Waals surface area (Å²) in [4.78, 5) is 0. The van der Waals surface area contributed by atoms with Crippen LogP contribution in [0.3, 0.4) is 0 Å². The van der Waals surface area contributed by atoms with Gasteiger partial charge in [0.15, 0.2) is 0 Å². The van der Waals surface area contributed by atoms with E-state index in [-0.39, 0.29) is 0 Å². The SMILES string of the molecule is CCCNCC(CC)(CC)CC(CC)CC. The number of nitrogens with one attached hydrogen (secondary N) is 1. The summed E-state index contributed by atoms with van der Waals surface area (Å²) < 4.78 is 0. The second-order valence-electron chi connectivity index (χ2n) is 5.27. The predicted molar refractivity (Wildman–Crippen MR) is 74.9 cm³/mol. The Morgan fingerprint density at radius 2 is 1.50 bits per heavy atom. The van der Waals surface area contributed by atoms with Gasteiger partial charge in [0, 0.05) is 6.54 Å². The molecule has 0 aliphatic rings. The molecule has 0 unspecified atom stereocenters. The van der Waals surface area contributed by atoms with E-state index in [0.717, 1.165) is 5.92 Å². The molecule has 0 bridgehead atoms. The van der Waals surface area contributed by atoms with E-state index in [2.05, 4.69) is 39.9 Å². The fraction of sp³-hybridized carbons (Fsp3) is 1.00. The van der Waals surface area contributed by atoms with Crippen LogP contribution in [0.15, 0.2) is 0 Å². The van der Waals surface area contributed by atoms with Gasteiger partial charge >= 0.3 is 0 Å². The third kappa shape index (κ3) is 5.34. The van der Waals surface area contributed by atoms with Crippen LogP contribution in [0.5, 0.6) is 0 Å². The Hall–Kier alpha value is -0.0400. The van der Waals surface area contributed by atoms with E-state index in [1.165, 1.54) is 51.6 Å². The molecule has 0 aliphatic heterocycles. The van der Waals surface area contributed by atoms with E-state index >= 15 is 0 Å². The van der Waals surface area contributed by atoms with Crippen LogP contribution in [-0.2, 0) is 0 Å². The van der Waals surface area contributed by atoms with Crippen LogP contribution in [0.2, 0.25) is 0 Å². The minimum absolute atomic E-state index is 0.547. The molecule has 98 valence electrons. The first-order valence-electron chi connectivity index (χ1n) is 7.38. The molecule has 0 aromatic carbocycles. The van der Waals surface area contributed by atoms with Gasteiger partial charge in [-0.2, -0.15) is 0 Å². The van der Waals surface area contributed by atoms with Crippen molar-refractivity contribution in [2.24, 2.45) is 11.3 Å². The molecule has 0 rings (SSSR count). The lowest BCUT2D eigenvalue weighted by atomic mass is 9.73. The molecular formula is C15H33N. The van der Waals surface area contributed by atoms with Crippen molar-refractivity contribution in [1.29, 1.82) is 0 Å². The van der Waals surface area contributed by atoms with Gasteiger partial charge < -0.3 is 5.32 Å². The number of rotatable bonds is 10. The van der Waals surface area contributed by atoms with E-state index in [4.69, 9.17) is 0 Å². The summed E-state index contributed by atoms with van der Waals surface area (Å²) in [7, 11) is 0. The van der Waals surface area contributed by atoms with Crippen molar-refractivity contribution < 1.29 is 0 Å². The lowest BCUT2D eigenvalue weighted by molar-refractivity contribution is 0.181. The maximum Gasteiger partial charge on any atom is 0.000770 e. The Labute approximate surface area is 103 Å². The Morgan fingerprint density at radius 1 is 0.938 bits per heavy atom. The molecule has 1 heteroatoms. The van der Waals surface area contributed by atoms with Gasteiger partial charge in [0.05, 0.1) is 0 Å². The summed E-state index contributed by atoms with van der Waals surface area (Å²) in [5.41, 5.74) is 0.547. The highest BCUT2D eigenvalue weighted by atomic mass is 14.9. The standard InChI is InChI=1S/C15H33N/c1-6-11-16-13-15(9-4,10-5)12-14(7-2)8-3/h14,16H,6-13H2,1-5H3. The molecule has 0 fully saturated rings. The minimum atomic E-state index is 0.547. The highest BCUT2D eigenvalue weighted by molar-refractivity contribution is 4.81. The van der Waals surface area contributed by atoms with Crippen molar-refractivity contribution >= 4 is 0 Å². The van der Waals surface area contributed by atoms with Gasteiger partial charge in [0.25, 0.3) is 0 Å². The molecule has 0 saturated heterocycles. The lowest BCUT2D eigenvalue weighted by Crippen LogP contribution is -2.35. The molecule has 0 radical (unpaired) electrons. The van der Waals surface area contributed by atoms with Crippen molar-refractivity contribution in [3.63, 3.8) is 0 Å². The molecule has 0 aromatic rings. The first-order chi connectivity index (χ1) is 7.67. The largest absolute Gasteiger partial charge is 0.316 e. The van der Waals surface area contributed by atoms with E-state index in [1.807, 2.05) is 0 Å². The summed E-state index contributed by atoms with van der Waals surface area (Å²) in [6.07, 6.45) is 7.96. The highest BCUT2D eigenvalue weighted by Crippen LogP contribution is 2.35. The summed E-state index contributed by atoms with van der Waals surface area (Å²) in [5, 5.41) is 3.63. The second kappa shape index (κ2) is 9.04. The average molecular weight is 227 g/mol. The van der Waals surface area contributed by atoms with Crippen LogP contribution in [0.4, 0.5) is 0 Å². The minimum Gasteiger partial charge on any atom is -0.316 e. The molecule has 0 spiro atoms. The monoisotopic (exact) mass is 227 g/mol. The third-order valence-corrected chi connectivity index (χ3v) is 4.30. The summed E-state index contributed by atoms with van der Waals surface area (Å²) in [6, 6.07) is 0. The van der Waals surface area contributed by atoms with Crippen LogP contribution in [0.1, 0.15) is 73.1 Å². The molecule has 0 heterocycles. The first kappa shape index (κ1) is 16.0. The lowest BCUT2D eigenvalue weighted by Gasteiger charge is -2.35. The topological polar surface area (TPSA) is 12.0 Å². The zero-order chi connectivity index (χ0) is 12.4. The predicted octanol–water partition coefficient (Wildman–Crippen LogP) is 4.62. The molecule has 0 amide bonds. The van der Waals surface area contributed by atoms with Crippen LogP contribution < -0.4 is 5.32 Å². The summed E-state index contributed by atoms with van der Waals surface area (Å²) in [6.45, 7) is 14.0. The van der Waals surface area contributed by atoms with E-state index in [1.54, 1.807) is 0 Å². The smallest absolute Gasteiger partial charge is 0.000770 e. The Morgan fingerprint density at radius 3 is 1.88 bits per heavy atom. The van der Waals surface area contributed by atoms with Crippen molar-refractivity contribution in [2.75, 3.05) is 13.1 Å². The zero-order valence-corrected chi connectivity index (χ0v) is 12.2. The summed E-state index contributed by atoms with van der Waals surface area (Å²) in [5.74, 6) is 0.920. The second-order valence-corrected chi connectivity index (χ2v) is 5.27. The van der Waals surface area contributed by atoms with Crippen molar-refractivity contribution in [1.82, 2.24) is 5.32 Å². The highest BCUT2D eigenvalue weighted by Gasteiger charge is 2.28. The molecule has 0 saturated carbocycles. The summed E-state index contributed by atoms with van der Waals surface area (Å²) >= 11 is 0. The van der Waals surface area contributed by atoms with Crippen LogP contribution in [0.25, 0.3) is 0 Å². The van der Waals surface area contributed by atoms with Crippen LogP contribution in [-0.4, -0.2) is 13.1 Å². The van der Waals surface area contributed by atoms with Crippen molar-refractivity contribution in [3.8, 4) is 0 Å². The maximum absolute atomic E-state index is 3.63. The maximum atomic E-state index is 3.63. The van der Waals surface area contributed by atoms with Gasteiger partial charge in [-0.05, 0) is 43.6 Å². The average Bonchev–Trinajstić information content (AvgIpc) is 2.34. The quantitative estimate of drug-likeness (QED) is 0.537. The number of hydrogen-bond donors (Lipinski definition) is 1. The van der Waals surface area contributed by atoms with Gasteiger partial charge in [0.1, 0.15) is 0 Å². The van der Waals surface area contributed by atoms with Crippen molar-refractivity contribution in [3.05, 3.63) is 0 Å². The Bertz CT molecular complexity index is 146. The molecular weight excluding hydrogens is 194 g/mol. The molecule has 0 atom stereocenters. The first-order valence-corrected chi connectivity index (χ1v) is 7.38. The molecule has 0 aliphatic carbocycles. The molecule has 1 N–H and O–H groups in total. The normalized spacial score (nSPS) is 12.4. The van der Waals surface area contributed by atoms with Gasteiger partial charge in [-0.3, -0.25) is 0 Å². The van der Waals surface area contributed by atoms with E-state index in [9.17, 15) is 0 Å².